The van der Waals surface area contributed by atoms with Crippen LogP contribution in [0.15, 0.2) is 5.16 Å². The first-order valence-electron chi connectivity index (χ1n) is 6.43. The van der Waals surface area contributed by atoms with Crippen molar-refractivity contribution in [2.24, 2.45) is 18.7 Å². The summed E-state index contributed by atoms with van der Waals surface area (Å²) in [5.41, 5.74) is 4.76. The summed E-state index contributed by atoms with van der Waals surface area (Å²) in [6.45, 7) is 2.09. The van der Waals surface area contributed by atoms with Gasteiger partial charge in [-0.1, -0.05) is 11.8 Å². The van der Waals surface area contributed by atoms with Gasteiger partial charge in [-0.25, -0.2) is 0 Å². The minimum Gasteiger partial charge on any atom is -0.337 e. The number of rotatable bonds is 6. The molecule has 0 saturated heterocycles. The van der Waals surface area contributed by atoms with Gasteiger partial charge in [0.1, 0.15) is 11.4 Å². The van der Waals surface area contributed by atoms with Crippen molar-refractivity contribution in [3.63, 3.8) is 0 Å². The van der Waals surface area contributed by atoms with Crippen molar-refractivity contribution in [1.29, 1.82) is 5.26 Å². The zero-order valence-corrected chi connectivity index (χ0v) is 12.4. The molecular formula is C12H18N6OS. The Balaban J connectivity index is 1.89. The molecule has 8 heteroatoms. The van der Waals surface area contributed by atoms with Gasteiger partial charge in [-0.05, 0) is 25.7 Å². The summed E-state index contributed by atoms with van der Waals surface area (Å²) in [5, 5.41) is 20.6. The zero-order valence-electron chi connectivity index (χ0n) is 11.6. The zero-order chi connectivity index (χ0) is 14.8. The number of hydrogen-bond donors (Lipinski definition) is 2. The molecule has 2 rings (SSSR count). The lowest BCUT2D eigenvalue weighted by molar-refractivity contribution is -0.119. The van der Waals surface area contributed by atoms with Gasteiger partial charge in [0.05, 0.1) is 18.4 Å². The molecule has 1 fully saturated rings. The summed E-state index contributed by atoms with van der Waals surface area (Å²) in [6, 6.07) is 2.20. The number of amides is 1. The summed E-state index contributed by atoms with van der Waals surface area (Å²) in [5.74, 6) is 0.997. The van der Waals surface area contributed by atoms with Crippen molar-refractivity contribution in [2.75, 3.05) is 5.75 Å². The molecule has 20 heavy (non-hydrogen) atoms. The number of thioether (sulfide) groups is 1. The van der Waals surface area contributed by atoms with Gasteiger partial charge >= 0.3 is 0 Å². The first kappa shape index (κ1) is 14.8. The maximum atomic E-state index is 11.9. The van der Waals surface area contributed by atoms with Gasteiger partial charge in [-0.15, -0.1) is 10.2 Å². The van der Waals surface area contributed by atoms with Crippen molar-refractivity contribution in [1.82, 2.24) is 20.1 Å². The molecule has 1 heterocycles. The molecule has 1 aromatic rings. The first-order valence-corrected chi connectivity index (χ1v) is 7.42. The number of nitrogens with one attached hydrogen (secondary N) is 1. The topological polar surface area (TPSA) is 110 Å². The Labute approximate surface area is 121 Å². The van der Waals surface area contributed by atoms with Crippen LogP contribution in [-0.2, 0) is 18.4 Å². The molecule has 7 nitrogen and oxygen atoms in total. The highest BCUT2D eigenvalue weighted by Gasteiger charge is 2.42. The van der Waals surface area contributed by atoms with Gasteiger partial charge in [0.25, 0.3) is 0 Å². The van der Waals surface area contributed by atoms with E-state index in [9.17, 15) is 10.1 Å². The lowest BCUT2D eigenvalue weighted by atomic mass is 9.98. The van der Waals surface area contributed by atoms with E-state index in [1.807, 2.05) is 7.05 Å². The largest absolute Gasteiger partial charge is 0.337 e. The lowest BCUT2D eigenvalue weighted by Gasteiger charge is -2.22. The fraction of sp³-hybridized carbons (Fsp3) is 0.667. The van der Waals surface area contributed by atoms with Crippen LogP contribution >= 0.6 is 11.8 Å². The lowest BCUT2D eigenvalue weighted by Crippen LogP contribution is -2.47. The average Bonchev–Trinajstić information content (AvgIpc) is 3.22. The van der Waals surface area contributed by atoms with Crippen LogP contribution < -0.4 is 11.1 Å². The maximum absolute atomic E-state index is 11.9. The van der Waals surface area contributed by atoms with E-state index in [2.05, 4.69) is 21.6 Å². The normalized spacial score (nSPS) is 17.3. The second-order valence-electron chi connectivity index (χ2n) is 5.09. The van der Waals surface area contributed by atoms with Crippen LogP contribution in [0.2, 0.25) is 0 Å². The molecule has 3 N–H and O–H groups in total. The van der Waals surface area contributed by atoms with Gasteiger partial charge in [0.15, 0.2) is 5.16 Å². The second-order valence-corrected chi connectivity index (χ2v) is 6.03. The van der Waals surface area contributed by atoms with E-state index in [-0.39, 0.29) is 17.6 Å². The molecule has 0 aliphatic heterocycles. The third-order valence-electron chi connectivity index (χ3n) is 3.47. The predicted octanol–water partition coefficient (Wildman–Crippen LogP) is 0.174. The minimum absolute atomic E-state index is 0.164. The molecule has 0 aromatic carbocycles. The van der Waals surface area contributed by atoms with Crippen LogP contribution in [0.25, 0.3) is 0 Å². The quantitative estimate of drug-likeness (QED) is 0.724. The highest BCUT2D eigenvalue weighted by atomic mass is 32.2. The Morgan fingerprint density at radius 2 is 2.35 bits per heavy atom. The highest BCUT2D eigenvalue weighted by molar-refractivity contribution is 7.99. The number of aromatic nitrogens is 3. The van der Waals surface area contributed by atoms with Crippen molar-refractivity contribution >= 4 is 17.7 Å². The predicted molar refractivity (Wildman–Crippen MR) is 74.5 cm³/mol. The van der Waals surface area contributed by atoms with Gasteiger partial charge in [0, 0.05) is 7.05 Å². The fourth-order valence-electron chi connectivity index (χ4n) is 1.99. The maximum Gasteiger partial charge on any atom is 0.231 e. The Kier molecular flexibility index (Phi) is 4.30. The summed E-state index contributed by atoms with van der Waals surface area (Å²) in [6.07, 6.45) is 2.00. The molecule has 0 spiro atoms. The molecule has 1 unspecified atom stereocenters. The van der Waals surface area contributed by atoms with Crippen molar-refractivity contribution in [2.45, 2.75) is 37.0 Å². The first-order chi connectivity index (χ1) is 9.50. The third kappa shape index (κ3) is 3.11. The van der Waals surface area contributed by atoms with Gasteiger partial charge in [0.2, 0.25) is 5.91 Å². The minimum atomic E-state index is -0.750. The molecule has 1 aliphatic carbocycles. The van der Waals surface area contributed by atoms with Gasteiger partial charge in [-0.2, -0.15) is 5.26 Å². The number of nitrogens with two attached hydrogens (primary N) is 1. The molecule has 108 valence electrons. The van der Waals surface area contributed by atoms with E-state index in [1.54, 1.807) is 11.5 Å². The summed E-state index contributed by atoms with van der Waals surface area (Å²) < 4.78 is 1.77. The number of carbonyl (C=O) groups is 1. The van der Waals surface area contributed by atoms with E-state index in [0.29, 0.717) is 17.5 Å². The molecular weight excluding hydrogens is 276 g/mol. The molecule has 1 saturated carbocycles. The van der Waals surface area contributed by atoms with Crippen LogP contribution in [0.4, 0.5) is 0 Å². The molecule has 1 aliphatic rings. The monoisotopic (exact) mass is 294 g/mol. The average molecular weight is 294 g/mol. The van der Waals surface area contributed by atoms with Crippen LogP contribution in [-0.4, -0.2) is 32.0 Å². The third-order valence-corrected chi connectivity index (χ3v) is 4.49. The summed E-state index contributed by atoms with van der Waals surface area (Å²) in [7, 11) is 1.81. The smallest absolute Gasteiger partial charge is 0.231 e. The van der Waals surface area contributed by atoms with Crippen LogP contribution in [0.1, 0.15) is 25.6 Å². The molecule has 1 atom stereocenters. The summed E-state index contributed by atoms with van der Waals surface area (Å²) >= 11 is 1.29. The fourth-order valence-corrected chi connectivity index (χ4v) is 2.72. The highest BCUT2D eigenvalue weighted by Crippen LogP contribution is 2.39. The van der Waals surface area contributed by atoms with Gasteiger partial charge in [-0.3, -0.25) is 4.79 Å². The number of hydrogen-bond acceptors (Lipinski definition) is 6. The Hall–Kier alpha value is -1.59. The van der Waals surface area contributed by atoms with Crippen LogP contribution in [0.3, 0.4) is 0 Å². The van der Waals surface area contributed by atoms with Crippen LogP contribution in [0, 0.1) is 17.2 Å². The van der Waals surface area contributed by atoms with Crippen molar-refractivity contribution < 1.29 is 4.79 Å². The Bertz CT molecular complexity index is 547. The van der Waals surface area contributed by atoms with Crippen molar-refractivity contribution in [3.05, 3.63) is 5.82 Å². The van der Waals surface area contributed by atoms with E-state index < -0.39 is 5.54 Å². The van der Waals surface area contributed by atoms with E-state index in [4.69, 9.17) is 5.73 Å². The second kappa shape index (κ2) is 5.81. The van der Waals surface area contributed by atoms with E-state index in [1.165, 1.54) is 11.8 Å². The standard InChI is InChI=1S/C12H18N6OS/c1-12(7-14,8-3-4-8)15-10(19)6-20-11-17-16-9(5-13)18(11)2/h8H,3-6,13H2,1-2H3,(H,15,19). The summed E-state index contributed by atoms with van der Waals surface area (Å²) in [4.78, 5) is 11.9. The molecule has 0 radical (unpaired) electrons. The number of nitrogens with zero attached hydrogens (tertiary/aromatic N) is 4. The van der Waals surface area contributed by atoms with E-state index in [0.717, 1.165) is 12.8 Å². The molecule has 1 amide bonds. The Morgan fingerprint density at radius 3 is 2.85 bits per heavy atom. The van der Waals surface area contributed by atoms with Gasteiger partial charge < -0.3 is 15.6 Å². The Morgan fingerprint density at radius 1 is 1.65 bits per heavy atom. The van der Waals surface area contributed by atoms with E-state index >= 15 is 0 Å². The number of nitriles is 1. The van der Waals surface area contributed by atoms with Crippen LogP contribution in [0.5, 0.6) is 0 Å². The SMILES string of the molecule is Cn1c(CN)nnc1SCC(=O)NC(C)(C#N)C1CC1. The molecule has 1 aromatic heterocycles. The molecule has 0 bridgehead atoms. The number of carbonyl (C=O) groups excluding carboxylic acids is 1. The van der Waals surface area contributed by atoms with Crippen molar-refractivity contribution in [3.8, 4) is 6.07 Å².